The van der Waals surface area contributed by atoms with Gasteiger partial charge in [0.05, 0.1) is 18.4 Å². The summed E-state index contributed by atoms with van der Waals surface area (Å²) in [5, 5.41) is 0. The number of rotatable bonds is 4. The van der Waals surface area contributed by atoms with Gasteiger partial charge in [0, 0.05) is 24.1 Å². The maximum absolute atomic E-state index is 12.7. The minimum atomic E-state index is -0.191. The molecule has 2 heterocycles. The molecule has 0 aromatic heterocycles. The molecule has 2 aromatic rings. The number of halogens is 1. The van der Waals surface area contributed by atoms with Crippen molar-refractivity contribution in [2.75, 3.05) is 13.1 Å². The molecule has 2 atom stereocenters. The second-order valence-electron chi connectivity index (χ2n) is 6.79. The van der Waals surface area contributed by atoms with Gasteiger partial charge in [-0.2, -0.15) is 0 Å². The molecule has 0 saturated carbocycles. The molecule has 2 aliphatic rings. The standard InChI is InChI=1S/C20H19BrN2O2/c21-16-8-4-7-15(9-16)10-22-12-17-18(13-22)20(25)23(19(17)24)11-14-5-2-1-3-6-14/h1-9,17-18H,10-13H2. The zero-order chi connectivity index (χ0) is 17.4. The second kappa shape index (κ2) is 6.73. The van der Waals surface area contributed by atoms with Crippen molar-refractivity contribution in [1.29, 1.82) is 0 Å². The van der Waals surface area contributed by atoms with Crippen LogP contribution in [0.4, 0.5) is 0 Å². The number of nitrogens with zero attached hydrogens (tertiary/aromatic N) is 2. The Bertz CT molecular complexity index is 784. The molecule has 2 unspecified atom stereocenters. The Balaban J connectivity index is 1.44. The van der Waals surface area contributed by atoms with Gasteiger partial charge in [-0.15, -0.1) is 0 Å². The molecule has 0 bridgehead atoms. The first-order valence-corrected chi connectivity index (χ1v) is 9.27. The highest BCUT2D eigenvalue weighted by Crippen LogP contribution is 2.35. The van der Waals surface area contributed by atoms with E-state index in [1.165, 1.54) is 10.5 Å². The SMILES string of the molecule is O=C1C2CN(Cc3cccc(Br)c3)CC2C(=O)N1Cc1ccccc1. The summed E-state index contributed by atoms with van der Waals surface area (Å²) in [5.74, 6) is -0.419. The van der Waals surface area contributed by atoms with E-state index >= 15 is 0 Å². The number of likely N-dealkylation sites (tertiary alicyclic amines) is 2. The summed E-state index contributed by atoms with van der Waals surface area (Å²) in [6, 6.07) is 17.9. The van der Waals surface area contributed by atoms with Gasteiger partial charge in [-0.25, -0.2) is 0 Å². The number of benzene rings is 2. The molecule has 2 fully saturated rings. The molecule has 2 aliphatic heterocycles. The minimum absolute atomic E-state index is 0.0180. The summed E-state index contributed by atoms with van der Waals surface area (Å²) in [6.45, 7) is 2.48. The largest absolute Gasteiger partial charge is 0.297 e. The number of imide groups is 1. The lowest BCUT2D eigenvalue weighted by atomic mass is 10.00. The third kappa shape index (κ3) is 3.26. The van der Waals surface area contributed by atoms with Crippen LogP contribution in [0.5, 0.6) is 0 Å². The molecule has 2 amide bonds. The van der Waals surface area contributed by atoms with Gasteiger partial charge in [0.1, 0.15) is 0 Å². The first-order valence-electron chi connectivity index (χ1n) is 8.48. The molecule has 25 heavy (non-hydrogen) atoms. The molecule has 128 valence electrons. The summed E-state index contributed by atoms with van der Waals surface area (Å²) in [5.41, 5.74) is 2.19. The van der Waals surface area contributed by atoms with E-state index in [0.29, 0.717) is 19.6 Å². The predicted octanol–water partition coefficient (Wildman–Crippen LogP) is 3.07. The van der Waals surface area contributed by atoms with Gasteiger partial charge < -0.3 is 0 Å². The van der Waals surface area contributed by atoms with E-state index < -0.39 is 0 Å². The Morgan fingerprint density at radius 1 is 0.840 bits per heavy atom. The minimum Gasteiger partial charge on any atom is -0.297 e. The van der Waals surface area contributed by atoms with Crippen LogP contribution in [-0.2, 0) is 22.7 Å². The van der Waals surface area contributed by atoms with Crippen LogP contribution >= 0.6 is 15.9 Å². The molecule has 2 saturated heterocycles. The summed E-state index contributed by atoms with van der Waals surface area (Å²) in [7, 11) is 0. The Hall–Kier alpha value is -1.98. The zero-order valence-electron chi connectivity index (χ0n) is 13.8. The molecule has 4 nitrogen and oxygen atoms in total. The molecule has 4 rings (SSSR count). The Morgan fingerprint density at radius 2 is 1.48 bits per heavy atom. The summed E-state index contributed by atoms with van der Waals surface area (Å²) in [4.78, 5) is 29.1. The van der Waals surface area contributed by atoms with Gasteiger partial charge in [-0.1, -0.05) is 58.4 Å². The molecule has 2 aromatic carbocycles. The second-order valence-corrected chi connectivity index (χ2v) is 7.70. The topological polar surface area (TPSA) is 40.6 Å². The lowest BCUT2D eigenvalue weighted by molar-refractivity contribution is -0.141. The third-order valence-corrected chi connectivity index (χ3v) is 5.53. The molecule has 0 aliphatic carbocycles. The van der Waals surface area contributed by atoms with E-state index in [9.17, 15) is 9.59 Å². The third-order valence-electron chi connectivity index (χ3n) is 5.04. The number of fused-ring (bicyclic) bond motifs is 1. The Kier molecular flexibility index (Phi) is 4.44. The average molecular weight is 399 g/mol. The van der Waals surface area contributed by atoms with E-state index in [2.05, 4.69) is 33.0 Å². The van der Waals surface area contributed by atoms with E-state index in [-0.39, 0.29) is 23.7 Å². The van der Waals surface area contributed by atoms with E-state index in [1.54, 1.807) is 0 Å². The van der Waals surface area contributed by atoms with Crippen LogP contribution in [0.3, 0.4) is 0 Å². The van der Waals surface area contributed by atoms with Crippen LogP contribution in [0.1, 0.15) is 11.1 Å². The lowest BCUT2D eigenvalue weighted by Gasteiger charge is -2.20. The normalized spacial score (nSPS) is 23.3. The van der Waals surface area contributed by atoms with Gasteiger partial charge in [-0.3, -0.25) is 19.4 Å². The maximum atomic E-state index is 12.7. The maximum Gasteiger partial charge on any atom is 0.234 e. The highest BCUT2D eigenvalue weighted by atomic mass is 79.9. The van der Waals surface area contributed by atoms with E-state index in [1.807, 2.05) is 42.5 Å². The van der Waals surface area contributed by atoms with Gasteiger partial charge in [0.2, 0.25) is 11.8 Å². The quantitative estimate of drug-likeness (QED) is 0.743. The summed E-state index contributed by atoms with van der Waals surface area (Å²) in [6.07, 6.45) is 0. The van der Waals surface area contributed by atoms with Crippen LogP contribution in [0.2, 0.25) is 0 Å². The number of carbonyl (C=O) groups is 2. The fourth-order valence-electron chi connectivity index (χ4n) is 3.84. The van der Waals surface area contributed by atoms with E-state index in [0.717, 1.165) is 16.6 Å². The fraction of sp³-hybridized carbons (Fsp3) is 0.300. The van der Waals surface area contributed by atoms with Crippen molar-refractivity contribution in [3.63, 3.8) is 0 Å². The first-order chi connectivity index (χ1) is 12.1. The summed E-state index contributed by atoms with van der Waals surface area (Å²) < 4.78 is 1.05. The van der Waals surface area contributed by atoms with Gasteiger partial charge >= 0.3 is 0 Å². The van der Waals surface area contributed by atoms with Crippen molar-refractivity contribution < 1.29 is 9.59 Å². The van der Waals surface area contributed by atoms with Crippen LogP contribution < -0.4 is 0 Å². The number of hydrogen-bond acceptors (Lipinski definition) is 3. The fourth-order valence-corrected chi connectivity index (χ4v) is 4.29. The number of amides is 2. The Morgan fingerprint density at radius 3 is 2.12 bits per heavy atom. The monoisotopic (exact) mass is 398 g/mol. The van der Waals surface area contributed by atoms with E-state index in [4.69, 9.17) is 0 Å². The molecule has 0 radical (unpaired) electrons. The molecular formula is C20H19BrN2O2. The van der Waals surface area contributed by atoms with Crippen LogP contribution in [0, 0.1) is 11.8 Å². The van der Waals surface area contributed by atoms with Crippen LogP contribution in [0.25, 0.3) is 0 Å². The van der Waals surface area contributed by atoms with Gasteiger partial charge in [-0.05, 0) is 23.3 Å². The van der Waals surface area contributed by atoms with Crippen molar-refractivity contribution in [2.24, 2.45) is 11.8 Å². The van der Waals surface area contributed by atoms with Gasteiger partial charge in [0.25, 0.3) is 0 Å². The first kappa shape index (κ1) is 16.5. The summed E-state index contributed by atoms with van der Waals surface area (Å²) >= 11 is 3.49. The molecule has 5 heteroatoms. The lowest BCUT2D eigenvalue weighted by Crippen LogP contribution is -2.35. The highest BCUT2D eigenvalue weighted by molar-refractivity contribution is 9.10. The van der Waals surface area contributed by atoms with Crippen molar-refractivity contribution >= 4 is 27.7 Å². The zero-order valence-corrected chi connectivity index (χ0v) is 15.4. The predicted molar refractivity (Wildman–Crippen MR) is 98.4 cm³/mol. The van der Waals surface area contributed by atoms with Crippen molar-refractivity contribution in [3.8, 4) is 0 Å². The molecular weight excluding hydrogens is 380 g/mol. The Labute approximate surface area is 155 Å². The molecule has 0 N–H and O–H groups in total. The number of hydrogen-bond donors (Lipinski definition) is 0. The average Bonchev–Trinajstić information content (AvgIpc) is 3.11. The van der Waals surface area contributed by atoms with Crippen molar-refractivity contribution in [2.45, 2.75) is 13.1 Å². The van der Waals surface area contributed by atoms with Gasteiger partial charge in [0.15, 0.2) is 0 Å². The number of carbonyl (C=O) groups excluding carboxylic acids is 2. The van der Waals surface area contributed by atoms with Crippen LogP contribution in [-0.4, -0.2) is 34.7 Å². The molecule has 0 spiro atoms. The highest BCUT2D eigenvalue weighted by Gasteiger charge is 2.51. The van der Waals surface area contributed by atoms with Crippen molar-refractivity contribution in [3.05, 3.63) is 70.2 Å². The smallest absolute Gasteiger partial charge is 0.234 e. The van der Waals surface area contributed by atoms with Crippen LogP contribution in [0.15, 0.2) is 59.1 Å². The van der Waals surface area contributed by atoms with Crippen molar-refractivity contribution in [1.82, 2.24) is 9.80 Å².